The molecular formula is C15H12F3N3OS. The smallest absolute Gasteiger partial charge is 0.243 e. The second-order valence-electron chi connectivity index (χ2n) is 4.46. The van der Waals surface area contributed by atoms with E-state index in [4.69, 9.17) is 12.2 Å². The van der Waals surface area contributed by atoms with E-state index in [-0.39, 0.29) is 23.0 Å². The van der Waals surface area contributed by atoms with Crippen molar-refractivity contribution in [1.29, 1.82) is 0 Å². The highest BCUT2D eigenvalue weighted by atomic mass is 32.1. The van der Waals surface area contributed by atoms with Gasteiger partial charge in [0.15, 0.2) is 16.7 Å². The number of carbonyl (C=O) groups is 1. The summed E-state index contributed by atoms with van der Waals surface area (Å²) in [5.41, 5.74) is 0.287. The summed E-state index contributed by atoms with van der Waals surface area (Å²) in [4.78, 5) is 11.7. The van der Waals surface area contributed by atoms with Crippen molar-refractivity contribution in [2.45, 2.75) is 0 Å². The zero-order valence-corrected chi connectivity index (χ0v) is 12.5. The van der Waals surface area contributed by atoms with E-state index in [1.807, 2.05) is 0 Å². The molecule has 0 aliphatic rings. The summed E-state index contributed by atoms with van der Waals surface area (Å²) in [6.07, 6.45) is 0. The molecule has 0 aliphatic carbocycles. The van der Waals surface area contributed by atoms with Crippen LogP contribution in [-0.2, 0) is 4.79 Å². The fourth-order valence-electron chi connectivity index (χ4n) is 1.67. The second kappa shape index (κ2) is 7.59. The number of rotatable bonds is 4. The Morgan fingerprint density at radius 3 is 2.39 bits per heavy atom. The normalized spacial score (nSPS) is 10.0. The van der Waals surface area contributed by atoms with Gasteiger partial charge in [0.2, 0.25) is 5.91 Å². The molecule has 2 aromatic carbocycles. The molecule has 0 radical (unpaired) electrons. The summed E-state index contributed by atoms with van der Waals surface area (Å²) in [7, 11) is 0. The van der Waals surface area contributed by atoms with Crippen molar-refractivity contribution in [2.75, 3.05) is 17.2 Å². The minimum Gasteiger partial charge on any atom is -0.353 e. The monoisotopic (exact) mass is 339 g/mol. The zero-order chi connectivity index (χ0) is 16.8. The van der Waals surface area contributed by atoms with Crippen LogP contribution in [0.2, 0.25) is 0 Å². The first kappa shape index (κ1) is 16.8. The lowest BCUT2D eigenvalue weighted by Crippen LogP contribution is -2.35. The molecule has 0 saturated carbocycles. The van der Waals surface area contributed by atoms with Crippen molar-refractivity contribution in [1.82, 2.24) is 5.32 Å². The Balaban J connectivity index is 1.83. The number of anilines is 2. The van der Waals surface area contributed by atoms with Gasteiger partial charge in [-0.05, 0) is 36.5 Å². The Bertz CT molecular complexity index is 740. The van der Waals surface area contributed by atoms with Crippen LogP contribution in [0.15, 0.2) is 42.5 Å². The Morgan fingerprint density at radius 1 is 0.957 bits per heavy atom. The lowest BCUT2D eigenvalue weighted by atomic mass is 10.3. The maximum Gasteiger partial charge on any atom is 0.243 e. The van der Waals surface area contributed by atoms with Crippen molar-refractivity contribution in [3.63, 3.8) is 0 Å². The van der Waals surface area contributed by atoms with E-state index in [0.29, 0.717) is 0 Å². The predicted octanol–water partition coefficient (Wildman–Crippen LogP) is 3.03. The molecule has 2 rings (SSSR count). The van der Waals surface area contributed by atoms with Crippen molar-refractivity contribution in [2.24, 2.45) is 0 Å². The zero-order valence-electron chi connectivity index (χ0n) is 11.7. The van der Waals surface area contributed by atoms with Gasteiger partial charge in [0.05, 0.1) is 12.2 Å². The van der Waals surface area contributed by atoms with E-state index < -0.39 is 23.4 Å². The molecular weight excluding hydrogens is 327 g/mol. The number of benzene rings is 2. The number of thiocarbonyl (C=S) groups is 1. The summed E-state index contributed by atoms with van der Waals surface area (Å²) in [6, 6.07) is 8.92. The van der Waals surface area contributed by atoms with E-state index in [1.54, 1.807) is 6.07 Å². The predicted molar refractivity (Wildman–Crippen MR) is 85.6 cm³/mol. The number of halogens is 3. The van der Waals surface area contributed by atoms with Gasteiger partial charge in [0.1, 0.15) is 5.82 Å². The number of amides is 1. The first-order chi connectivity index (χ1) is 11.0. The van der Waals surface area contributed by atoms with Crippen LogP contribution in [0.3, 0.4) is 0 Å². The van der Waals surface area contributed by atoms with Gasteiger partial charge in [0.25, 0.3) is 0 Å². The Kier molecular flexibility index (Phi) is 5.53. The van der Waals surface area contributed by atoms with Crippen LogP contribution in [-0.4, -0.2) is 17.6 Å². The molecule has 0 saturated heterocycles. The minimum absolute atomic E-state index is 0.0514. The van der Waals surface area contributed by atoms with E-state index >= 15 is 0 Å². The maximum atomic E-state index is 13.4. The molecule has 120 valence electrons. The summed E-state index contributed by atoms with van der Waals surface area (Å²) < 4.78 is 39.2. The van der Waals surface area contributed by atoms with Crippen LogP contribution in [0.4, 0.5) is 24.5 Å². The summed E-state index contributed by atoms with van der Waals surface area (Å²) in [5.74, 6) is -3.07. The SMILES string of the molecule is O=C(CNC(=S)Nc1ccccc1F)Nc1ccc(F)c(F)c1. The molecule has 4 nitrogen and oxygen atoms in total. The van der Waals surface area contributed by atoms with Crippen LogP contribution in [0.25, 0.3) is 0 Å². The van der Waals surface area contributed by atoms with E-state index in [2.05, 4.69) is 16.0 Å². The van der Waals surface area contributed by atoms with Gasteiger partial charge in [-0.2, -0.15) is 0 Å². The maximum absolute atomic E-state index is 13.4. The van der Waals surface area contributed by atoms with Gasteiger partial charge in [-0.15, -0.1) is 0 Å². The number of hydrogen-bond donors (Lipinski definition) is 3. The first-order valence-electron chi connectivity index (χ1n) is 6.50. The molecule has 1 amide bonds. The molecule has 8 heteroatoms. The quantitative estimate of drug-likeness (QED) is 0.750. The Hall–Kier alpha value is -2.61. The number of para-hydroxylation sites is 1. The van der Waals surface area contributed by atoms with E-state index in [0.717, 1.165) is 12.1 Å². The Labute approximate surface area is 135 Å². The van der Waals surface area contributed by atoms with Crippen LogP contribution >= 0.6 is 12.2 Å². The molecule has 0 aromatic heterocycles. The van der Waals surface area contributed by atoms with Gasteiger partial charge >= 0.3 is 0 Å². The molecule has 23 heavy (non-hydrogen) atoms. The summed E-state index contributed by atoms with van der Waals surface area (Å²) >= 11 is 4.94. The van der Waals surface area contributed by atoms with Crippen molar-refractivity contribution in [3.05, 3.63) is 59.9 Å². The number of hydrogen-bond acceptors (Lipinski definition) is 2. The van der Waals surface area contributed by atoms with Crippen molar-refractivity contribution < 1.29 is 18.0 Å². The molecule has 0 atom stereocenters. The third kappa shape index (κ3) is 4.96. The third-order valence-electron chi connectivity index (χ3n) is 2.73. The standard InChI is InChI=1S/C15H12F3N3OS/c16-10-6-5-9(7-12(10)18)20-14(22)8-19-15(23)21-13-4-2-1-3-11(13)17/h1-7H,8H2,(H,20,22)(H2,19,21,23). The van der Waals surface area contributed by atoms with Crippen LogP contribution < -0.4 is 16.0 Å². The molecule has 0 heterocycles. The highest BCUT2D eigenvalue weighted by Gasteiger charge is 2.08. The van der Waals surface area contributed by atoms with Crippen molar-refractivity contribution >= 4 is 34.6 Å². The van der Waals surface area contributed by atoms with Gasteiger partial charge < -0.3 is 16.0 Å². The van der Waals surface area contributed by atoms with Crippen LogP contribution in [0, 0.1) is 17.5 Å². The molecule has 0 bridgehead atoms. The molecule has 2 aromatic rings. The first-order valence-corrected chi connectivity index (χ1v) is 6.91. The Morgan fingerprint density at radius 2 is 1.70 bits per heavy atom. The average Bonchev–Trinajstić information content (AvgIpc) is 2.51. The van der Waals surface area contributed by atoms with Gasteiger partial charge in [0, 0.05) is 11.8 Å². The number of nitrogens with one attached hydrogen (secondary N) is 3. The van der Waals surface area contributed by atoms with Gasteiger partial charge in [-0.25, -0.2) is 13.2 Å². The molecule has 0 aliphatic heterocycles. The molecule has 0 fully saturated rings. The van der Waals surface area contributed by atoms with Gasteiger partial charge in [-0.3, -0.25) is 4.79 Å². The molecule has 0 unspecified atom stereocenters. The molecule has 0 spiro atoms. The summed E-state index contributed by atoms with van der Waals surface area (Å²) in [6.45, 7) is -0.223. The fraction of sp³-hybridized carbons (Fsp3) is 0.0667. The summed E-state index contributed by atoms with van der Waals surface area (Å²) in [5, 5.41) is 7.60. The number of carbonyl (C=O) groups excluding carboxylic acids is 1. The largest absolute Gasteiger partial charge is 0.353 e. The highest BCUT2D eigenvalue weighted by Crippen LogP contribution is 2.13. The van der Waals surface area contributed by atoms with E-state index in [1.165, 1.54) is 24.3 Å². The van der Waals surface area contributed by atoms with Crippen LogP contribution in [0.5, 0.6) is 0 Å². The third-order valence-corrected chi connectivity index (χ3v) is 2.98. The topological polar surface area (TPSA) is 53.2 Å². The van der Waals surface area contributed by atoms with Gasteiger partial charge in [-0.1, -0.05) is 12.1 Å². The lowest BCUT2D eigenvalue weighted by Gasteiger charge is -2.11. The molecule has 3 N–H and O–H groups in total. The highest BCUT2D eigenvalue weighted by molar-refractivity contribution is 7.80. The second-order valence-corrected chi connectivity index (χ2v) is 4.87. The van der Waals surface area contributed by atoms with Crippen molar-refractivity contribution in [3.8, 4) is 0 Å². The van der Waals surface area contributed by atoms with Crippen LogP contribution in [0.1, 0.15) is 0 Å². The minimum atomic E-state index is -1.06. The fourth-order valence-corrected chi connectivity index (χ4v) is 1.85. The lowest BCUT2D eigenvalue weighted by molar-refractivity contribution is -0.115. The average molecular weight is 339 g/mol. The van der Waals surface area contributed by atoms with E-state index in [9.17, 15) is 18.0 Å².